The molecule has 0 radical (unpaired) electrons. The maximum absolute atomic E-state index is 12.5. The highest BCUT2D eigenvalue weighted by Crippen LogP contribution is 2.38. The van der Waals surface area contributed by atoms with E-state index >= 15 is 0 Å². The second-order valence-electron chi connectivity index (χ2n) is 5.92. The first-order valence-corrected chi connectivity index (χ1v) is 9.45. The van der Waals surface area contributed by atoms with Crippen molar-refractivity contribution in [2.45, 2.75) is 0 Å². The molecule has 3 aromatic rings. The van der Waals surface area contributed by atoms with Crippen LogP contribution in [-0.2, 0) is 0 Å². The average molecular weight is 389 g/mol. The summed E-state index contributed by atoms with van der Waals surface area (Å²) < 4.78 is 6.31. The van der Waals surface area contributed by atoms with Crippen molar-refractivity contribution in [3.63, 3.8) is 0 Å². The first-order valence-electron chi connectivity index (χ1n) is 8.25. The topological polar surface area (TPSA) is 58.6 Å². The molecule has 1 amide bonds. The summed E-state index contributed by atoms with van der Waals surface area (Å²) in [7, 11) is 1.63. The van der Waals surface area contributed by atoms with Crippen LogP contribution in [0.25, 0.3) is 10.2 Å². The van der Waals surface area contributed by atoms with E-state index in [-0.39, 0.29) is 5.91 Å². The zero-order chi connectivity index (χ0) is 18.1. The van der Waals surface area contributed by atoms with Crippen molar-refractivity contribution in [1.82, 2.24) is 14.9 Å². The monoisotopic (exact) mass is 388 g/mol. The minimum Gasteiger partial charge on any atom is -0.494 e. The van der Waals surface area contributed by atoms with Gasteiger partial charge in [0.15, 0.2) is 5.13 Å². The highest BCUT2D eigenvalue weighted by Gasteiger charge is 2.25. The number of nitrogens with zero attached hydrogens (tertiary/aromatic N) is 4. The third-order valence-corrected chi connectivity index (χ3v) is 5.97. The highest BCUT2D eigenvalue weighted by molar-refractivity contribution is 7.22. The number of amides is 1. The number of fused-ring (bicyclic) bond motifs is 1. The van der Waals surface area contributed by atoms with Gasteiger partial charge in [0.2, 0.25) is 0 Å². The molecule has 1 aliphatic rings. The summed E-state index contributed by atoms with van der Waals surface area (Å²) in [5, 5.41) is 1.57. The molecule has 1 saturated heterocycles. The summed E-state index contributed by atoms with van der Waals surface area (Å²) in [6, 6.07) is 9.04. The molecule has 26 heavy (non-hydrogen) atoms. The molecule has 0 unspecified atom stereocenters. The van der Waals surface area contributed by atoms with Crippen molar-refractivity contribution < 1.29 is 9.53 Å². The molecule has 0 atom stereocenters. The van der Waals surface area contributed by atoms with Gasteiger partial charge in [0.25, 0.3) is 5.91 Å². The van der Waals surface area contributed by atoms with Crippen molar-refractivity contribution in [3.8, 4) is 5.75 Å². The molecule has 0 spiro atoms. The van der Waals surface area contributed by atoms with Crippen LogP contribution in [0.4, 0.5) is 5.13 Å². The van der Waals surface area contributed by atoms with E-state index in [9.17, 15) is 4.79 Å². The first-order chi connectivity index (χ1) is 12.7. The van der Waals surface area contributed by atoms with E-state index in [1.165, 1.54) is 0 Å². The first kappa shape index (κ1) is 17.1. The van der Waals surface area contributed by atoms with E-state index in [4.69, 9.17) is 21.3 Å². The molecule has 6 nitrogen and oxygen atoms in total. The Morgan fingerprint density at radius 1 is 1.19 bits per heavy atom. The number of halogens is 1. The molecule has 134 valence electrons. The Balaban J connectivity index is 1.51. The van der Waals surface area contributed by atoms with Crippen LogP contribution < -0.4 is 9.64 Å². The Hall–Kier alpha value is -2.38. The predicted octanol–water partition coefficient (Wildman–Crippen LogP) is 3.32. The summed E-state index contributed by atoms with van der Waals surface area (Å²) in [5.41, 5.74) is 1.27. The van der Waals surface area contributed by atoms with Gasteiger partial charge < -0.3 is 14.5 Å². The summed E-state index contributed by atoms with van der Waals surface area (Å²) in [6.07, 6.45) is 1.64. The van der Waals surface area contributed by atoms with Gasteiger partial charge in [-0.3, -0.25) is 9.78 Å². The lowest BCUT2D eigenvalue weighted by Crippen LogP contribution is -2.49. The van der Waals surface area contributed by atoms with E-state index in [0.29, 0.717) is 23.8 Å². The third kappa shape index (κ3) is 3.08. The molecule has 0 saturated carbocycles. The predicted molar refractivity (Wildman–Crippen MR) is 104 cm³/mol. The molecule has 0 bridgehead atoms. The minimum atomic E-state index is -0.0285. The SMILES string of the molecule is COc1ccc(Cl)c2sc(N3CCN(C(=O)c4ccccn4)CC3)nc12. The highest BCUT2D eigenvalue weighted by atomic mass is 35.5. The summed E-state index contributed by atoms with van der Waals surface area (Å²) in [6.45, 7) is 2.71. The Bertz CT molecular complexity index is 939. The molecule has 0 aliphatic carbocycles. The normalized spacial score (nSPS) is 14.7. The Morgan fingerprint density at radius 2 is 2.00 bits per heavy atom. The van der Waals surface area contributed by atoms with Gasteiger partial charge in [0, 0.05) is 32.4 Å². The van der Waals surface area contributed by atoms with Crippen LogP contribution in [0, 0.1) is 0 Å². The van der Waals surface area contributed by atoms with Gasteiger partial charge in [-0.2, -0.15) is 0 Å². The maximum atomic E-state index is 12.5. The van der Waals surface area contributed by atoms with Gasteiger partial charge in [-0.15, -0.1) is 0 Å². The number of methoxy groups -OCH3 is 1. The molecule has 3 heterocycles. The Morgan fingerprint density at radius 3 is 2.69 bits per heavy atom. The fourth-order valence-electron chi connectivity index (χ4n) is 2.99. The second-order valence-corrected chi connectivity index (χ2v) is 7.30. The molecule has 2 aromatic heterocycles. The fraction of sp³-hybridized carbons (Fsp3) is 0.278. The number of carbonyl (C=O) groups is 1. The molecule has 8 heteroatoms. The van der Waals surface area contributed by atoms with Crippen LogP contribution in [0.5, 0.6) is 5.75 Å². The number of rotatable bonds is 3. The summed E-state index contributed by atoms with van der Waals surface area (Å²) in [4.78, 5) is 25.4. The van der Waals surface area contributed by atoms with E-state index < -0.39 is 0 Å². The number of aromatic nitrogens is 2. The third-order valence-electron chi connectivity index (χ3n) is 4.39. The number of ether oxygens (including phenoxy) is 1. The van der Waals surface area contributed by atoms with Crippen molar-refractivity contribution in [3.05, 3.63) is 47.2 Å². The van der Waals surface area contributed by atoms with Gasteiger partial charge in [-0.25, -0.2) is 4.98 Å². The number of hydrogen-bond acceptors (Lipinski definition) is 6. The zero-order valence-electron chi connectivity index (χ0n) is 14.2. The zero-order valence-corrected chi connectivity index (χ0v) is 15.8. The molecular weight excluding hydrogens is 372 g/mol. The molecule has 1 aromatic carbocycles. The minimum absolute atomic E-state index is 0.0285. The smallest absolute Gasteiger partial charge is 0.272 e. The van der Waals surface area contributed by atoms with Gasteiger partial charge in [0.05, 0.1) is 16.8 Å². The molecule has 1 aliphatic heterocycles. The summed E-state index contributed by atoms with van der Waals surface area (Å²) >= 11 is 7.86. The van der Waals surface area contributed by atoms with E-state index in [0.717, 1.165) is 34.2 Å². The van der Waals surface area contributed by atoms with Crippen LogP contribution in [0.2, 0.25) is 5.02 Å². The second kappa shape index (κ2) is 7.09. The lowest BCUT2D eigenvalue weighted by molar-refractivity contribution is 0.0741. The van der Waals surface area contributed by atoms with E-state index in [1.54, 1.807) is 36.8 Å². The van der Waals surface area contributed by atoms with Crippen molar-refractivity contribution >= 4 is 44.2 Å². The van der Waals surface area contributed by atoms with Gasteiger partial charge in [-0.1, -0.05) is 29.0 Å². The number of anilines is 1. The quantitative estimate of drug-likeness (QED) is 0.688. The number of benzene rings is 1. The van der Waals surface area contributed by atoms with Gasteiger partial charge >= 0.3 is 0 Å². The molecular formula is C18H17ClN4O2S. The van der Waals surface area contributed by atoms with Crippen LogP contribution in [0.3, 0.4) is 0 Å². The molecule has 0 N–H and O–H groups in total. The fourth-order valence-corrected chi connectivity index (χ4v) is 4.30. The van der Waals surface area contributed by atoms with Crippen LogP contribution >= 0.6 is 22.9 Å². The lowest BCUT2D eigenvalue weighted by Gasteiger charge is -2.34. The number of thiazole rings is 1. The van der Waals surface area contributed by atoms with E-state index in [1.807, 2.05) is 23.1 Å². The Labute approximate surface area is 160 Å². The van der Waals surface area contributed by atoms with Crippen LogP contribution in [0.1, 0.15) is 10.5 Å². The number of hydrogen-bond donors (Lipinski definition) is 0. The van der Waals surface area contributed by atoms with Gasteiger partial charge in [-0.05, 0) is 24.3 Å². The van der Waals surface area contributed by atoms with Crippen LogP contribution in [0.15, 0.2) is 36.5 Å². The molecule has 4 rings (SSSR count). The molecule has 1 fully saturated rings. The average Bonchev–Trinajstić information content (AvgIpc) is 3.15. The van der Waals surface area contributed by atoms with Crippen molar-refractivity contribution in [2.75, 3.05) is 38.2 Å². The Kier molecular flexibility index (Phi) is 4.65. The summed E-state index contributed by atoms with van der Waals surface area (Å²) in [5.74, 6) is 0.690. The number of pyridine rings is 1. The van der Waals surface area contributed by atoms with Gasteiger partial charge in [0.1, 0.15) is 17.0 Å². The van der Waals surface area contributed by atoms with Crippen molar-refractivity contribution in [2.24, 2.45) is 0 Å². The van der Waals surface area contributed by atoms with Crippen LogP contribution in [-0.4, -0.2) is 54.1 Å². The maximum Gasteiger partial charge on any atom is 0.272 e. The van der Waals surface area contributed by atoms with E-state index in [2.05, 4.69) is 9.88 Å². The largest absolute Gasteiger partial charge is 0.494 e. The number of carbonyl (C=O) groups excluding carboxylic acids is 1. The lowest BCUT2D eigenvalue weighted by atomic mass is 10.2. The van der Waals surface area contributed by atoms with Crippen molar-refractivity contribution in [1.29, 1.82) is 0 Å². The number of piperazine rings is 1. The standard InChI is InChI=1S/C18H17ClN4O2S/c1-25-14-6-5-12(19)16-15(14)21-18(26-16)23-10-8-22(9-11-23)17(24)13-4-2-3-7-20-13/h2-7H,8-11H2,1H3.